The number of carbonyl (C=O) groups excluding carboxylic acids is 1. The number of furan rings is 1. The lowest BCUT2D eigenvalue weighted by atomic mass is 10.2. The van der Waals surface area contributed by atoms with Gasteiger partial charge in [-0.25, -0.2) is 9.18 Å². The molecule has 0 atom stereocenters. The molecule has 2 aliphatic carbocycles. The van der Waals surface area contributed by atoms with Gasteiger partial charge < -0.3 is 13.9 Å². The Hall–Kier alpha value is -2.30. The Balaban J connectivity index is 1.37. The zero-order valence-corrected chi connectivity index (χ0v) is 12.6. The molecule has 23 heavy (non-hydrogen) atoms. The molecule has 0 N–H and O–H groups in total. The summed E-state index contributed by atoms with van der Waals surface area (Å²) in [6, 6.07) is 9.37. The van der Waals surface area contributed by atoms with E-state index in [-0.39, 0.29) is 23.7 Å². The molecule has 5 heteroatoms. The number of para-hydroxylation sites is 1. The molecule has 0 unspecified atom stereocenters. The van der Waals surface area contributed by atoms with Crippen molar-refractivity contribution in [3.63, 3.8) is 0 Å². The van der Waals surface area contributed by atoms with Crippen LogP contribution in [0.25, 0.3) is 0 Å². The van der Waals surface area contributed by atoms with Crippen LogP contribution in [-0.2, 0) is 11.3 Å². The summed E-state index contributed by atoms with van der Waals surface area (Å²) in [5.41, 5.74) is -0.228. The van der Waals surface area contributed by atoms with Crippen LogP contribution in [0.4, 0.5) is 4.39 Å². The van der Waals surface area contributed by atoms with Crippen molar-refractivity contribution in [3.05, 3.63) is 53.7 Å². The Morgan fingerprint density at radius 2 is 2.00 bits per heavy atom. The Kier molecular flexibility index (Phi) is 3.36. The van der Waals surface area contributed by atoms with Gasteiger partial charge in [0, 0.05) is 0 Å². The van der Waals surface area contributed by atoms with Gasteiger partial charge in [0.25, 0.3) is 0 Å². The average Bonchev–Trinajstić information content (AvgIpc) is 3.46. The highest BCUT2D eigenvalue weighted by Crippen LogP contribution is 2.56. The maximum absolute atomic E-state index is 13.5. The van der Waals surface area contributed by atoms with Crippen molar-refractivity contribution < 1.29 is 23.1 Å². The molecule has 2 aromatic rings. The van der Waals surface area contributed by atoms with Crippen molar-refractivity contribution in [1.29, 1.82) is 0 Å². The van der Waals surface area contributed by atoms with Gasteiger partial charge in [-0.05, 0) is 55.9 Å². The molecule has 0 bridgehead atoms. The van der Waals surface area contributed by atoms with E-state index >= 15 is 0 Å². The zero-order valence-electron chi connectivity index (χ0n) is 12.6. The third kappa shape index (κ3) is 2.96. The van der Waals surface area contributed by atoms with Gasteiger partial charge in [-0.1, -0.05) is 12.1 Å². The van der Waals surface area contributed by atoms with Crippen molar-refractivity contribution in [1.82, 2.24) is 0 Å². The minimum absolute atomic E-state index is 0.0575. The van der Waals surface area contributed by atoms with Crippen LogP contribution in [0.1, 0.15) is 42.0 Å². The molecule has 4 nitrogen and oxygen atoms in total. The van der Waals surface area contributed by atoms with Crippen molar-refractivity contribution >= 4 is 5.97 Å². The highest BCUT2D eigenvalue weighted by Gasteiger charge is 2.57. The van der Waals surface area contributed by atoms with Crippen LogP contribution in [0.15, 0.2) is 40.8 Å². The highest BCUT2D eigenvalue weighted by atomic mass is 19.1. The van der Waals surface area contributed by atoms with E-state index < -0.39 is 11.8 Å². The number of halogens is 1. The standard InChI is InChI=1S/C18H17FO4/c19-14-3-1-2-4-15(14)21-11-13-7-8-16(22-13)17(20)23-18(9-10-18)12-5-6-12/h1-4,7-8,12H,5-6,9-11H2. The third-order valence-corrected chi connectivity index (χ3v) is 4.43. The van der Waals surface area contributed by atoms with Crippen molar-refractivity contribution in [2.24, 2.45) is 5.92 Å². The van der Waals surface area contributed by atoms with Gasteiger partial charge in [0.05, 0.1) is 0 Å². The van der Waals surface area contributed by atoms with Gasteiger partial charge >= 0.3 is 5.97 Å². The third-order valence-electron chi connectivity index (χ3n) is 4.43. The van der Waals surface area contributed by atoms with E-state index in [4.69, 9.17) is 13.9 Å². The van der Waals surface area contributed by atoms with E-state index in [1.54, 1.807) is 30.3 Å². The topological polar surface area (TPSA) is 48.7 Å². The normalized spacial score (nSPS) is 18.5. The lowest BCUT2D eigenvalue weighted by Crippen LogP contribution is -2.21. The Labute approximate surface area is 133 Å². The number of hydrogen-bond donors (Lipinski definition) is 0. The minimum atomic E-state index is -0.432. The van der Waals surface area contributed by atoms with Gasteiger partial charge in [0.2, 0.25) is 5.76 Å². The lowest BCUT2D eigenvalue weighted by molar-refractivity contribution is 0.0123. The first-order valence-electron chi connectivity index (χ1n) is 7.86. The fourth-order valence-corrected chi connectivity index (χ4v) is 2.84. The predicted molar refractivity (Wildman–Crippen MR) is 79.5 cm³/mol. The molecule has 0 spiro atoms. The summed E-state index contributed by atoms with van der Waals surface area (Å²) in [4.78, 5) is 12.2. The number of carbonyl (C=O) groups is 1. The molecule has 4 rings (SSSR count). The maximum atomic E-state index is 13.5. The molecule has 2 aliphatic rings. The summed E-state index contributed by atoms with van der Waals surface area (Å²) in [6.45, 7) is 0.0575. The second-order valence-electron chi connectivity index (χ2n) is 6.21. The summed E-state index contributed by atoms with van der Waals surface area (Å²) >= 11 is 0. The fraction of sp³-hybridized carbons (Fsp3) is 0.389. The van der Waals surface area contributed by atoms with Crippen LogP contribution < -0.4 is 4.74 Å². The largest absolute Gasteiger partial charge is 0.483 e. The second-order valence-corrected chi connectivity index (χ2v) is 6.21. The summed E-state index contributed by atoms with van der Waals surface area (Å²) < 4.78 is 29.9. The van der Waals surface area contributed by atoms with Crippen LogP contribution in [0.3, 0.4) is 0 Å². The predicted octanol–water partition coefficient (Wildman–Crippen LogP) is 4.10. The van der Waals surface area contributed by atoms with E-state index in [0.717, 1.165) is 25.7 Å². The summed E-state index contributed by atoms with van der Waals surface area (Å²) in [7, 11) is 0. The molecular weight excluding hydrogens is 299 g/mol. The lowest BCUT2D eigenvalue weighted by Gasteiger charge is -2.14. The molecule has 2 saturated carbocycles. The molecule has 2 fully saturated rings. The van der Waals surface area contributed by atoms with Crippen LogP contribution >= 0.6 is 0 Å². The first kappa shape index (κ1) is 14.3. The van der Waals surface area contributed by atoms with Crippen LogP contribution in [0.5, 0.6) is 5.75 Å². The molecule has 120 valence electrons. The number of rotatable bonds is 6. The van der Waals surface area contributed by atoms with Crippen molar-refractivity contribution in [3.8, 4) is 5.75 Å². The first-order chi connectivity index (χ1) is 11.2. The molecule has 0 saturated heterocycles. The van der Waals surface area contributed by atoms with E-state index in [2.05, 4.69) is 0 Å². The van der Waals surface area contributed by atoms with E-state index in [1.807, 2.05) is 0 Å². The van der Waals surface area contributed by atoms with E-state index in [0.29, 0.717) is 11.7 Å². The molecule has 0 amide bonds. The number of ether oxygens (including phenoxy) is 2. The number of esters is 1. The van der Waals surface area contributed by atoms with Gasteiger partial charge in [-0.15, -0.1) is 0 Å². The van der Waals surface area contributed by atoms with Crippen molar-refractivity contribution in [2.45, 2.75) is 37.9 Å². The Morgan fingerprint density at radius 3 is 2.70 bits per heavy atom. The molecule has 1 aromatic carbocycles. The molecule has 0 aliphatic heterocycles. The summed E-state index contributed by atoms with van der Waals surface area (Å²) in [5, 5.41) is 0. The van der Waals surface area contributed by atoms with Gasteiger partial charge in [-0.3, -0.25) is 0 Å². The monoisotopic (exact) mass is 316 g/mol. The fourth-order valence-electron chi connectivity index (χ4n) is 2.84. The van der Waals surface area contributed by atoms with Crippen LogP contribution in [-0.4, -0.2) is 11.6 Å². The summed E-state index contributed by atoms with van der Waals surface area (Å²) in [6.07, 6.45) is 4.20. The zero-order chi connectivity index (χ0) is 15.9. The maximum Gasteiger partial charge on any atom is 0.374 e. The molecule has 1 heterocycles. The Bertz CT molecular complexity index is 728. The smallest absolute Gasteiger partial charge is 0.374 e. The van der Waals surface area contributed by atoms with Crippen LogP contribution in [0.2, 0.25) is 0 Å². The quantitative estimate of drug-likeness (QED) is 0.753. The van der Waals surface area contributed by atoms with Crippen LogP contribution in [0, 0.1) is 11.7 Å². The van der Waals surface area contributed by atoms with Gasteiger partial charge in [-0.2, -0.15) is 0 Å². The molecular formula is C18H17FO4. The molecule has 0 radical (unpaired) electrons. The average molecular weight is 316 g/mol. The minimum Gasteiger partial charge on any atom is -0.483 e. The molecule has 1 aromatic heterocycles. The first-order valence-corrected chi connectivity index (χ1v) is 7.86. The number of benzene rings is 1. The van der Waals surface area contributed by atoms with Crippen molar-refractivity contribution in [2.75, 3.05) is 0 Å². The van der Waals surface area contributed by atoms with E-state index in [9.17, 15) is 9.18 Å². The highest BCUT2D eigenvalue weighted by molar-refractivity contribution is 5.86. The van der Waals surface area contributed by atoms with Gasteiger partial charge in [0.1, 0.15) is 18.0 Å². The Morgan fingerprint density at radius 1 is 1.22 bits per heavy atom. The number of hydrogen-bond acceptors (Lipinski definition) is 4. The summed E-state index contributed by atoms with van der Waals surface area (Å²) in [5.74, 6) is 0.454. The SMILES string of the molecule is O=C(OC1(C2CC2)CC1)c1ccc(COc2ccccc2F)o1. The second kappa shape index (κ2) is 5.41. The van der Waals surface area contributed by atoms with Gasteiger partial charge in [0.15, 0.2) is 11.6 Å². The van der Waals surface area contributed by atoms with E-state index in [1.165, 1.54) is 6.07 Å².